The Morgan fingerprint density at radius 3 is 2.64 bits per heavy atom. The van der Waals surface area contributed by atoms with Crippen molar-refractivity contribution in [2.45, 2.75) is 11.4 Å². The Bertz CT molecular complexity index is 708. The third-order valence-corrected chi connectivity index (χ3v) is 5.64. The molecule has 1 saturated heterocycles. The van der Waals surface area contributed by atoms with E-state index in [4.69, 9.17) is 5.11 Å². The molecule has 0 aromatic heterocycles. The number of aliphatic carboxylic acids is 1. The molecular formula is C12H15N2NaO8S2. The Labute approximate surface area is 170 Å². The molecule has 2 amide bonds. The van der Waals surface area contributed by atoms with Gasteiger partial charge >= 0.3 is 35.7 Å². The summed E-state index contributed by atoms with van der Waals surface area (Å²) < 4.78 is 26.6. The van der Waals surface area contributed by atoms with Crippen LogP contribution in [0.15, 0.2) is 11.3 Å². The van der Waals surface area contributed by atoms with E-state index in [1.54, 1.807) is 0 Å². The number of aliphatic hydroxyl groups is 1. The van der Waals surface area contributed by atoms with Crippen LogP contribution in [-0.2, 0) is 24.2 Å². The summed E-state index contributed by atoms with van der Waals surface area (Å²) in [5.74, 6) is -2.42. The summed E-state index contributed by atoms with van der Waals surface area (Å²) in [7, 11) is -3.28. The van der Waals surface area contributed by atoms with Crippen molar-refractivity contribution in [3.63, 3.8) is 0 Å². The molecule has 2 N–H and O–H groups in total. The smallest absolute Gasteiger partial charge is 0.543 e. The molecule has 134 valence electrons. The SMILES string of the molecule is CS(=O)(=O)CCOC(=O)N[C@@H]1C(=O)N2C(C(=O)[O-])=C(CO)CS[C@H]12.[Na+]. The molecule has 13 heteroatoms. The van der Waals surface area contributed by atoms with Crippen LogP contribution in [0.2, 0.25) is 0 Å². The molecule has 0 unspecified atom stereocenters. The number of carboxylic acid groups (broad SMARTS) is 1. The molecule has 25 heavy (non-hydrogen) atoms. The predicted octanol–water partition coefficient (Wildman–Crippen LogP) is -5.96. The fourth-order valence-electron chi connectivity index (χ4n) is 2.25. The zero-order valence-corrected chi connectivity index (χ0v) is 17.2. The van der Waals surface area contributed by atoms with Crippen molar-refractivity contribution in [2.75, 3.05) is 31.0 Å². The van der Waals surface area contributed by atoms with Crippen molar-refractivity contribution in [2.24, 2.45) is 0 Å². The molecule has 0 radical (unpaired) electrons. The number of rotatable bonds is 6. The summed E-state index contributed by atoms with van der Waals surface area (Å²) in [5.41, 5.74) is -0.214. The predicted molar refractivity (Wildman–Crippen MR) is 80.2 cm³/mol. The number of nitrogens with one attached hydrogen (secondary N) is 1. The number of β-lactam (4-membered cyclic amide) rings is 1. The monoisotopic (exact) mass is 402 g/mol. The van der Waals surface area contributed by atoms with Gasteiger partial charge in [-0.05, 0) is 5.57 Å². The van der Waals surface area contributed by atoms with E-state index in [9.17, 15) is 27.9 Å². The Morgan fingerprint density at radius 2 is 2.12 bits per heavy atom. The van der Waals surface area contributed by atoms with Crippen molar-refractivity contribution >= 4 is 39.6 Å². The zero-order valence-electron chi connectivity index (χ0n) is 13.6. The van der Waals surface area contributed by atoms with E-state index in [-0.39, 0.29) is 58.9 Å². The van der Waals surface area contributed by atoms with E-state index >= 15 is 0 Å². The van der Waals surface area contributed by atoms with Crippen molar-refractivity contribution in [3.05, 3.63) is 11.3 Å². The van der Waals surface area contributed by atoms with Crippen LogP contribution in [0.4, 0.5) is 4.79 Å². The van der Waals surface area contributed by atoms with E-state index in [0.717, 1.165) is 11.2 Å². The van der Waals surface area contributed by atoms with Gasteiger partial charge in [0.1, 0.15) is 18.0 Å². The Hall–Kier alpha value is -0.790. The van der Waals surface area contributed by atoms with Crippen LogP contribution in [0, 0.1) is 0 Å². The number of carboxylic acids is 1. The van der Waals surface area contributed by atoms with Crippen LogP contribution in [0.1, 0.15) is 0 Å². The minimum absolute atomic E-state index is 0. The van der Waals surface area contributed by atoms with Crippen molar-refractivity contribution in [3.8, 4) is 0 Å². The van der Waals surface area contributed by atoms with Gasteiger partial charge in [0.15, 0.2) is 9.84 Å². The van der Waals surface area contributed by atoms with E-state index in [2.05, 4.69) is 10.1 Å². The first-order valence-corrected chi connectivity index (χ1v) is 9.86. The number of carbonyl (C=O) groups is 3. The molecule has 0 bridgehead atoms. The second-order valence-electron chi connectivity index (χ2n) is 5.20. The molecule has 1 fully saturated rings. The fraction of sp³-hybridized carbons (Fsp3) is 0.583. The molecule has 0 saturated carbocycles. The van der Waals surface area contributed by atoms with Gasteiger partial charge in [0.05, 0.1) is 24.0 Å². The minimum Gasteiger partial charge on any atom is -0.543 e. The summed E-state index contributed by atoms with van der Waals surface area (Å²) >= 11 is 1.18. The van der Waals surface area contributed by atoms with Crippen LogP contribution in [0.5, 0.6) is 0 Å². The molecule has 0 aromatic carbocycles. The maximum Gasteiger partial charge on any atom is 1.00 e. The van der Waals surface area contributed by atoms with Gasteiger partial charge in [-0.1, -0.05) is 0 Å². The summed E-state index contributed by atoms with van der Waals surface area (Å²) in [6, 6.07) is -0.990. The fourth-order valence-corrected chi connectivity index (χ4v) is 3.97. The number of sulfone groups is 1. The first-order chi connectivity index (χ1) is 11.2. The van der Waals surface area contributed by atoms with Crippen LogP contribution in [0.3, 0.4) is 0 Å². The summed E-state index contributed by atoms with van der Waals surface area (Å²) in [5, 5.41) is 22.0. The van der Waals surface area contributed by atoms with Gasteiger partial charge in [-0.2, -0.15) is 0 Å². The molecular weight excluding hydrogens is 387 g/mol. The van der Waals surface area contributed by atoms with Crippen LogP contribution < -0.4 is 40.0 Å². The summed E-state index contributed by atoms with van der Waals surface area (Å²) in [6.45, 7) is -0.871. The third kappa shape index (κ3) is 5.11. The number of fused-ring (bicyclic) bond motifs is 1. The molecule has 0 aromatic rings. The van der Waals surface area contributed by atoms with Crippen LogP contribution >= 0.6 is 11.8 Å². The van der Waals surface area contributed by atoms with E-state index in [1.807, 2.05) is 0 Å². The second-order valence-corrected chi connectivity index (χ2v) is 8.56. The number of hydrogen-bond acceptors (Lipinski definition) is 9. The number of amides is 2. The molecule has 2 aliphatic rings. The van der Waals surface area contributed by atoms with Crippen molar-refractivity contribution < 1.29 is 67.3 Å². The Kier molecular flexibility index (Phi) is 7.77. The summed E-state index contributed by atoms with van der Waals surface area (Å²) in [4.78, 5) is 35.8. The Morgan fingerprint density at radius 1 is 1.48 bits per heavy atom. The number of alkyl carbamates (subject to hydrolysis) is 1. The summed E-state index contributed by atoms with van der Waals surface area (Å²) in [6.07, 6.45) is 0.0245. The van der Waals surface area contributed by atoms with Gasteiger partial charge in [-0.3, -0.25) is 9.69 Å². The maximum atomic E-state index is 12.1. The van der Waals surface area contributed by atoms with Gasteiger partial charge in [0, 0.05) is 12.0 Å². The van der Waals surface area contributed by atoms with Crippen molar-refractivity contribution in [1.29, 1.82) is 0 Å². The number of ether oxygens (including phenoxy) is 1. The molecule has 0 spiro atoms. The van der Waals surface area contributed by atoms with Crippen molar-refractivity contribution in [1.82, 2.24) is 10.2 Å². The molecule has 2 aliphatic heterocycles. The number of thioether (sulfide) groups is 1. The zero-order chi connectivity index (χ0) is 18.1. The topological polar surface area (TPSA) is 153 Å². The van der Waals surface area contributed by atoms with E-state index in [0.29, 0.717) is 0 Å². The van der Waals surface area contributed by atoms with E-state index < -0.39 is 45.8 Å². The standard InChI is InChI=1S/C12H16N2O8S2.Na/c1-24(20,21)3-2-22-12(19)13-7-9(16)14-8(11(17)18)6(4-15)5-23-10(7)14;/h7,10,15H,2-5H2,1H3,(H,13,19)(H,17,18);/q;+1/p-1/t7-,10-;/m1./s1. The molecule has 2 heterocycles. The van der Waals surface area contributed by atoms with Crippen LogP contribution in [0.25, 0.3) is 0 Å². The number of aliphatic hydroxyl groups excluding tert-OH is 1. The molecule has 2 rings (SSSR count). The largest absolute Gasteiger partial charge is 1.00 e. The first kappa shape index (κ1) is 22.3. The average Bonchev–Trinajstić information content (AvgIpc) is 2.49. The average molecular weight is 402 g/mol. The minimum atomic E-state index is -3.28. The second kappa shape index (κ2) is 8.73. The van der Waals surface area contributed by atoms with Gasteiger partial charge < -0.3 is 25.1 Å². The normalized spacial score (nSPS) is 22.5. The molecule has 2 atom stereocenters. The van der Waals surface area contributed by atoms with Gasteiger partial charge in [-0.15, -0.1) is 11.8 Å². The quantitative estimate of drug-likeness (QED) is 0.326. The molecule has 10 nitrogen and oxygen atoms in total. The van der Waals surface area contributed by atoms with Gasteiger partial charge in [-0.25, -0.2) is 13.2 Å². The maximum absolute atomic E-state index is 12.1. The first-order valence-electron chi connectivity index (χ1n) is 6.75. The Balaban J connectivity index is 0.00000312. The number of carbonyl (C=O) groups excluding carboxylic acids is 3. The van der Waals surface area contributed by atoms with E-state index in [1.165, 1.54) is 11.8 Å². The molecule has 0 aliphatic carbocycles. The van der Waals surface area contributed by atoms with Gasteiger partial charge in [0.25, 0.3) is 5.91 Å². The third-order valence-electron chi connectivity index (χ3n) is 3.39. The van der Waals surface area contributed by atoms with Gasteiger partial charge in [0.2, 0.25) is 0 Å². The number of hydrogen-bond donors (Lipinski definition) is 2. The number of nitrogens with zero attached hydrogens (tertiary/aromatic N) is 1. The van der Waals surface area contributed by atoms with Crippen LogP contribution in [-0.4, -0.2) is 78.8 Å².